The maximum absolute atomic E-state index is 11.3. The van der Waals surface area contributed by atoms with Gasteiger partial charge in [0, 0.05) is 6.54 Å². The van der Waals surface area contributed by atoms with Crippen LogP contribution < -0.4 is 10.6 Å². The second-order valence-corrected chi connectivity index (χ2v) is 2.73. The first-order valence-electron chi connectivity index (χ1n) is 4.29. The maximum Gasteiger partial charge on any atom is 0.254 e. The molecule has 1 aromatic rings. The van der Waals surface area contributed by atoms with Gasteiger partial charge in [-0.3, -0.25) is 4.79 Å². The van der Waals surface area contributed by atoms with Crippen LogP contribution >= 0.6 is 0 Å². The Morgan fingerprint density at radius 3 is 3.00 bits per heavy atom. The Morgan fingerprint density at radius 2 is 2.38 bits per heavy atom. The van der Waals surface area contributed by atoms with Crippen molar-refractivity contribution in [2.75, 3.05) is 20.1 Å². The van der Waals surface area contributed by atoms with Crippen molar-refractivity contribution in [2.45, 2.75) is 6.42 Å². The first-order valence-corrected chi connectivity index (χ1v) is 4.29. The zero-order valence-corrected chi connectivity index (χ0v) is 7.67. The average molecular weight is 182 g/mol. The van der Waals surface area contributed by atoms with Crippen molar-refractivity contribution < 1.29 is 9.21 Å². The molecule has 0 unspecified atom stereocenters. The Kier molecular flexibility index (Phi) is 4.05. The van der Waals surface area contributed by atoms with Crippen LogP contribution in [0, 0.1) is 0 Å². The van der Waals surface area contributed by atoms with Crippen molar-refractivity contribution in [3.8, 4) is 0 Å². The summed E-state index contributed by atoms with van der Waals surface area (Å²) < 4.78 is 4.79. The van der Waals surface area contributed by atoms with E-state index in [0.29, 0.717) is 12.1 Å². The summed E-state index contributed by atoms with van der Waals surface area (Å²) in [6.45, 7) is 1.59. The fraction of sp³-hybridized carbons (Fsp3) is 0.444. The minimum absolute atomic E-state index is 0.0788. The van der Waals surface area contributed by atoms with E-state index in [2.05, 4.69) is 10.6 Å². The van der Waals surface area contributed by atoms with Crippen LogP contribution in [-0.4, -0.2) is 26.0 Å². The summed E-state index contributed by atoms with van der Waals surface area (Å²) in [5, 5.41) is 5.79. The highest BCUT2D eigenvalue weighted by atomic mass is 16.3. The van der Waals surface area contributed by atoms with E-state index in [4.69, 9.17) is 4.42 Å². The highest BCUT2D eigenvalue weighted by Crippen LogP contribution is 1.98. The van der Waals surface area contributed by atoms with Crippen LogP contribution in [0.3, 0.4) is 0 Å². The fourth-order valence-corrected chi connectivity index (χ4v) is 0.963. The molecule has 1 rings (SSSR count). The summed E-state index contributed by atoms with van der Waals surface area (Å²) in [6.07, 6.45) is 3.86. The zero-order chi connectivity index (χ0) is 9.52. The summed E-state index contributed by atoms with van der Waals surface area (Å²) in [6, 6.07) is 1.65. The van der Waals surface area contributed by atoms with E-state index in [1.54, 1.807) is 6.07 Å². The number of amides is 1. The number of carbonyl (C=O) groups is 1. The molecule has 0 aromatic carbocycles. The molecule has 4 nitrogen and oxygen atoms in total. The average Bonchev–Trinajstić information content (AvgIpc) is 2.65. The van der Waals surface area contributed by atoms with Crippen molar-refractivity contribution in [1.29, 1.82) is 0 Å². The molecule has 0 fully saturated rings. The first kappa shape index (κ1) is 9.80. The Balaban J connectivity index is 2.19. The van der Waals surface area contributed by atoms with Gasteiger partial charge in [0.1, 0.15) is 6.26 Å². The molecule has 1 heterocycles. The van der Waals surface area contributed by atoms with Crippen molar-refractivity contribution in [3.63, 3.8) is 0 Å². The van der Waals surface area contributed by atoms with E-state index in [9.17, 15) is 4.79 Å². The fourth-order valence-electron chi connectivity index (χ4n) is 0.963. The van der Waals surface area contributed by atoms with E-state index in [-0.39, 0.29) is 5.91 Å². The summed E-state index contributed by atoms with van der Waals surface area (Å²) in [4.78, 5) is 11.3. The topological polar surface area (TPSA) is 54.3 Å². The van der Waals surface area contributed by atoms with Gasteiger partial charge in [0.05, 0.1) is 11.8 Å². The molecule has 0 bridgehead atoms. The van der Waals surface area contributed by atoms with Crippen molar-refractivity contribution in [2.24, 2.45) is 0 Å². The molecule has 0 aliphatic rings. The van der Waals surface area contributed by atoms with E-state index in [1.165, 1.54) is 12.5 Å². The van der Waals surface area contributed by atoms with Crippen LogP contribution in [-0.2, 0) is 0 Å². The second-order valence-electron chi connectivity index (χ2n) is 2.73. The summed E-state index contributed by atoms with van der Waals surface area (Å²) >= 11 is 0. The van der Waals surface area contributed by atoms with Crippen LogP contribution in [0.2, 0.25) is 0 Å². The van der Waals surface area contributed by atoms with E-state index in [0.717, 1.165) is 13.0 Å². The molecule has 0 aliphatic carbocycles. The lowest BCUT2D eigenvalue weighted by Crippen LogP contribution is -2.26. The van der Waals surface area contributed by atoms with Gasteiger partial charge in [-0.25, -0.2) is 0 Å². The quantitative estimate of drug-likeness (QED) is 0.656. The van der Waals surface area contributed by atoms with Crippen LogP contribution in [0.5, 0.6) is 0 Å². The lowest BCUT2D eigenvalue weighted by Gasteiger charge is -2.02. The minimum Gasteiger partial charge on any atom is -0.472 e. The normalized spacial score (nSPS) is 9.92. The number of hydrogen-bond donors (Lipinski definition) is 2. The molecule has 1 aromatic heterocycles. The Bertz CT molecular complexity index is 244. The Hall–Kier alpha value is -1.29. The number of hydrogen-bond acceptors (Lipinski definition) is 3. The third-order valence-electron chi connectivity index (χ3n) is 1.67. The molecule has 0 spiro atoms. The highest BCUT2D eigenvalue weighted by Gasteiger charge is 2.04. The molecule has 0 aliphatic heterocycles. The van der Waals surface area contributed by atoms with Gasteiger partial charge in [0.15, 0.2) is 0 Å². The molecule has 0 atom stereocenters. The predicted molar refractivity (Wildman–Crippen MR) is 49.6 cm³/mol. The molecule has 2 N–H and O–H groups in total. The van der Waals surface area contributed by atoms with Crippen molar-refractivity contribution >= 4 is 5.91 Å². The minimum atomic E-state index is -0.0788. The molecule has 0 radical (unpaired) electrons. The lowest BCUT2D eigenvalue weighted by atomic mass is 10.3. The van der Waals surface area contributed by atoms with Crippen LogP contribution in [0.15, 0.2) is 23.0 Å². The summed E-state index contributed by atoms with van der Waals surface area (Å²) in [7, 11) is 1.89. The molecular weight excluding hydrogens is 168 g/mol. The third-order valence-corrected chi connectivity index (χ3v) is 1.67. The standard InChI is InChI=1S/C9H14N2O2/c1-10-4-2-5-11-9(12)8-3-6-13-7-8/h3,6-7,10H,2,4-5H2,1H3,(H,11,12). The lowest BCUT2D eigenvalue weighted by molar-refractivity contribution is 0.0952. The monoisotopic (exact) mass is 182 g/mol. The van der Waals surface area contributed by atoms with E-state index >= 15 is 0 Å². The van der Waals surface area contributed by atoms with E-state index < -0.39 is 0 Å². The van der Waals surface area contributed by atoms with Crippen LogP contribution in [0.25, 0.3) is 0 Å². The molecule has 0 saturated heterocycles. The smallest absolute Gasteiger partial charge is 0.254 e. The van der Waals surface area contributed by atoms with Gasteiger partial charge in [-0.1, -0.05) is 0 Å². The van der Waals surface area contributed by atoms with Gasteiger partial charge >= 0.3 is 0 Å². The second kappa shape index (κ2) is 5.37. The van der Waals surface area contributed by atoms with Gasteiger partial charge < -0.3 is 15.1 Å². The van der Waals surface area contributed by atoms with Gasteiger partial charge in [-0.2, -0.15) is 0 Å². The van der Waals surface area contributed by atoms with Crippen LogP contribution in [0.4, 0.5) is 0 Å². The largest absolute Gasteiger partial charge is 0.472 e. The number of furan rings is 1. The highest BCUT2D eigenvalue weighted by molar-refractivity contribution is 5.93. The number of carbonyl (C=O) groups excluding carboxylic acids is 1. The molecule has 0 saturated carbocycles. The zero-order valence-electron chi connectivity index (χ0n) is 7.67. The van der Waals surface area contributed by atoms with Crippen molar-refractivity contribution in [1.82, 2.24) is 10.6 Å². The third kappa shape index (κ3) is 3.29. The van der Waals surface area contributed by atoms with Gasteiger partial charge in [0.25, 0.3) is 5.91 Å². The Labute approximate surface area is 77.3 Å². The summed E-state index contributed by atoms with van der Waals surface area (Å²) in [5.74, 6) is -0.0788. The molecule has 72 valence electrons. The number of nitrogens with one attached hydrogen (secondary N) is 2. The molecule has 4 heteroatoms. The van der Waals surface area contributed by atoms with Gasteiger partial charge in [-0.15, -0.1) is 0 Å². The predicted octanol–water partition coefficient (Wildman–Crippen LogP) is 0.619. The van der Waals surface area contributed by atoms with Crippen molar-refractivity contribution in [3.05, 3.63) is 24.2 Å². The molecular formula is C9H14N2O2. The Morgan fingerprint density at radius 1 is 1.54 bits per heavy atom. The maximum atomic E-state index is 11.3. The van der Waals surface area contributed by atoms with Gasteiger partial charge in [0.2, 0.25) is 0 Å². The van der Waals surface area contributed by atoms with Crippen LogP contribution in [0.1, 0.15) is 16.8 Å². The summed E-state index contributed by atoms with van der Waals surface area (Å²) in [5.41, 5.74) is 0.574. The number of rotatable bonds is 5. The SMILES string of the molecule is CNCCCNC(=O)c1ccoc1. The first-order chi connectivity index (χ1) is 6.34. The molecule has 13 heavy (non-hydrogen) atoms. The van der Waals surface area contributed by atoms with E-state index in [1.807, 2.05) is 7.05 Å². The van der Waals surface area contributed by atoms with Gasteiger partial charge in [-0.05, 0) is 26.1 Å². The molecule has 1 amide bonds.